The van der Waals surface area contributed by atoms with Gasteiger partial charge in [0.1, 0.15) is 5.75 Å². The standard InChI is InChI=1S/C12H15N3O3/c1-13-12(17)15(2)6-8-3-4-10-9(5-8)14-11(16)7-18-10/h3-5H,6-7H2,1-2H3,(H,13,17)(H,14,16). The lowest BCUT2D eigenvalue weighted by Crippen LogP contribution is -2.34. The highest BCUT2D eigenvalue weighted by molar-refractivity contribution is 5.95. The molecule has 1 aromatic rings. The minimum atomic E-state index is -0.167. The lowest BCUT2D eigenvalue weighted by molar-refractivity contribution is -0.118. The van der Waals surface area contributed by atoms with Crippen LogP contribution in [0.4, 0.5) is 10.5 Å². The summed E-state index contributed by atoms with van der Waals surface area (Å²) in [7, 11) is 3.28. The van der Waals surface area contributed by atoms with E-state index < -0.39 is 0 Å². The number of carbonyl (C=O) groups is 2. The fourth-order valence-electron chi connectivity index (χ4n) is 1.77. The molecular weight excluding hydrogens is 234 g/mol. The number of hydrogen-bond donors (Lipinski definition) is 2. The summed E-state index contributed by atoms with van der Waals surface area (Å²) in [5.41, 5.74) is 1.57. The SMILES string of the molecule is CNC(=O)N(C)Cc1ccc2c(c1)NC(=O)CO2. The number of ether oxygens (including phenoxy) is 1. The molecule has 1 aliphatic heterocycles. The van der Waals surface area contributed by atoms with Gasteiger partial charge in [-0.25, -0.2) is 4.79 Å². The largest absolute Gasteiger partial charge is 0.482 e. The zero-order valence-corrected chi connectivity index (χ0v) is 10.3. The number of amides is 3. The van der Waals surface area contributed by atoms with Gasteiger partial charge in [0.15, 0.2) is 6.61 Å². The molecule has 1 aromatic carbocycles. The number of carbonyl (C=O) groups excluding carboxylic acids is 2. The van der Waals surface area contributed by atoms with Gasteiger partial charge in [0.05, 0.1) is 5.69 Å². The Labute approximate surface area is 105 Å². The Bertz CT molecular complexity index is 487. The molecule has 6 nitrogen and oxygen atoms in total. The van der Waals surface area contributed by atoms with Crippen molar-refractivity contribution in [3.63, 3.8) is 0 Å². The molecule has 96 valence electrons. The van der Waals surface area contributed by atoms with E-state index in [1.54, 1.807) is 25.1 Å². The van der Waals surface area contributed by atoms with Gasteiger partial charge in [-0.1, -0.05) is 6.07 Å². The maximum absolute atomic E-state index is 11.4. The maximum Gasteiger partial charge on any atom is 0.317 e. The molecule has 0 fully saturated rings. The Balaban J connectivity index is 2.13. The van der Waals surface area contributed by atoms with Gasteiger partial charge >= 0.3 is 6.03 Å². The monoisotopic (exact) mass is 249 g/mol. The summed E-state index contributed by atoms with van der Waals surface area (Å²) in [6.07, 6.45) is 0. The van der Waals surface area contributed by atoms with Crippen molar-refractivity contribution in [1.82, 2.24) is 10.2 Å². The van der Waals surface area contributed by atoms with Crippen LogP contribution in [0.3, 0.4) is 0 Å². The topological polar surface area (TPSA) is 70.7 Å². The van der Waals surface area contributed by atoms with Crippen LogP contribution < -0.4 is 15.4 Å². The molecule has 0 saturated carbocycles. The normalized spacial score (nSPS) is 13.1. The molecule has 0 aliphatic carbocycles. The van der Waals surface area contributed by atoms with Crippen LogP contribution in [0, 0.1) is 0 Å². The number of fused-ring (bicyclic) bond motifs is 1. The molecule has 0 aromatic heterocycles. The van der Waals surface area contributed by atoms with E-state index >= 15 is 0 Å². The molecule has 0 unspecified atom stereocenters. The van der Waals surface area contributed by atoms with E-state index in [1.165, 1.54) is 0 Å². The van der Waals surface area contributed by atoms with E-state index in [1.807, 2.05) is 12.1 Å². The average molecular weight is 249 g/mol. The minimum absolute atomic E-state index is 0.0461. The summed E-state index contributed by atoms with van der Waals surface area (Å²) in [6, 6.07) is 5.32. The van der Waals surface area contributed by atoms with Crippen molar-refractivity contribution in [3.8, 4) is 5.75 Å². The Morgan fingerprint density at radius 3 is 3.06 bits per heavy atom. The zero-order chi connectivity index (χ0) is 13.1. The highest BCUT2D eigenvalue weighted by atomic mass is 16.5. The van der Waals surface area contributed by atoms with Gasteiger partial charge in [0.25, 0.3) is 5.91 Å². The number of hydrogen-bond acceptors (Lipinski definition) is 3. The average Bonchev–Trinajstić information content (AvgIpc) is 2.37. The third-order valence-corrected chi connectivity index (χ3v) is 2.66. The number of nitrogens with one attached hydrogen (secondary N) is 2. The second-order valence-corrected chi connectivity index (χ2v) is 4.08. The van der Waals surface area contributed by atoms with Crippen molar-refractivity contribution in [2.45, 2.75) is 6.54 Å². The molecule has 0 radical (unpaired) electrons. The number of nitrogens with zero attached hydrogens (tertiary/aromatic N) is 1. The molecule has 2 N–H and O–H groups in total. The van der Waals surface area contributed by atoms with Gasteiger partial charge < -0.3 is 20.3 Å². The maximum atomic E-state index is 11.4. The minimum Gasteiger partial charge on any atom is -0.482 e. The Hall–Kier alpha value is -2.24. The second kappa shape index (κ2) is 4.95. The lowest BCUT2D eigenvalue weighted by Gasteiger charge is -2.20. The summed E-state index contributed by atoms with van der Waals surface area (Å²) in [5, 5.41) is 5.28. The predicted molar refractivity (Wildman–Crippen MR) is 66.5 cm³/mol. The van der Waals surface area contributed by atoms with E-state index in [0.29, 0.717) is 18.0 Å². The van der Waals surface area contributed by atoms with Gasteiger partial charge in [-0.3, -0.25) is 4.79 Å². The highest BCUT2D eigenvalue weighted by Gasteiger charge is 2.16. The van der Waals surface area contributed by atoms with Crippen molar-refractivity contribution in [3.05, 3.63) is 23.8 Å². The van der Waals surface area contributed by atoms with E-state index in [-0.39, 0.29) is 18.5 Å². The van der Waals surface area contributed by atoms with Crippen molar-refractivity contribution >= 4 is 17.6 Å². The Kier molecular flexibility index (Phi) is 3.36. The quantitative estimate of drug-likeness (QED) is 0.814. The second-order valence-electron chi connectivity index (χ2n) is 4.08. The van der Waals surface area contributed by atoms with Gasteiger partial charge in [-0.15, -0.1) is 0 Å². The summed E-state index contributed by atoms with van der Waals surface area (Å²) in [6.45, 7) is 0.507. The first kappa shape index (κ1) is 12.2. The number of benzene rings is 1. The zero-order valence-electron chi connectivity index (χ0n) is 10.3. The Morgan fingerprint density at radius 1 is 1.56 bits per heavy atom. The van der Waals surface area contributed by atoms with Crippen LogP contribution in [0.2, 0.25) is 0 Å². The first-order valence-corrected chi connectivity index (χ1v) is 5.58. The van der Waals surface area contributed by atoms with Crippen LogP contribution >= 0.6 is 0 Å². The highest BCUT2D eigenvalue weighted by Crippen LogP contribution is 2.28. The Morgan fingerprint density at radius 2 is 2.33 bits per heavy atom. The fourth-order valence-corrected chi connectivity index (χ4v) is 1.77. The first-order chi connectivity index (χ1) is 8.60. The van der Waals surface area contributed by atoms with Crippen LogP contribution in [-0.2, 0) is 11.3 Å². The van der Waals surface area contributed by atoms with Crippen LogP contribution in [-0.4, -0.2) is 37.5 Å². The smallest absolute Gasteiger partial charge is 0.317 e. The van der Waals surface area contributed by atoms with Crippen LogP contribution in [0.25, 0.3) is 0 Å². The van der Waals surface area contributed by atoms with E-state index in [4.69, 9.17) is 4.74 Å². The summed E-state index contributed by atoms with van der Waals surface area (Å²) < 4.78 is 5.26. The third-order valence-electron chi connectivity index (χ3n) is 2.66. The van der Waals surface area contributed by atoms with Crippen molar-refractivity contribution in [2.24, 2.45) is 0 Å². The van der Waals surface area contributed by atoms with Gasteiger partial charge in [0.2, 0.25) is 0 Å². The van der Waals surface area contributed by atoms with Crippen LogP contribution in [0.5, 0.6) is 5.75 Å². The van der Waals surface area contributed by atoms with Gasteiger partial charge in [0, 0.05) is 20.6 Å². The molecule has 2 rings (SSSR count). The third kappa shape index (κ3) is 2.53. The molecule has 1 aliphatic rings. The summed E-state index contributed by atoms with van der Waals surface area (Å²) >= 11 is 0. The molecule has 0 spiro atoms. The first-order valence-electron chi connectivity index (χ1n) is 5.58. The molecule has 18 heavy (non-hydrogen) atoms. The van der Waals surface area contributed by atoms with E-state index in [0.717, 1.165) is 5.56 Å². The molecule has 6 heteroatoms. The van der Waals surface area contributed by atoms with E-state index in [9.17, 15) is 9.59 Å². The molecule has 1 heterocycles. The lowest BCUT2D eigenvalue weighted by atomic mass is 10.1. The van der Waals surface area contributed by atoms with Crippen molar-refractivity contribution < 1.29 is 14.3 Å². The summed E-state index contributed by atoms with van der Waals surface area (Å²) in [4.78, 5) is 24.1. The molecule has 0 bridgehead atoms. The molecular formula is C12H15N3O3. The van der Waals surface area contributed by atoms with E-state index in [2.05, 4.69) is 10.6 Å². The van der Waals surface area contributed by atoms with Crippen LogP contribution in [0.1, 0.15) is 5.56 Å². The van der Waals surface area contributed by atoms with Gasteiger partial charge in [-0.05, 0) is 17.7 Å². The van der Waals surface area contributed by atoms with Crippen molar-refractivity contribution in [2.75, 3.05) is 26.0 Å². The predicted octanol–water partition coefficient (Wildman–Crippen LogP) is 0.789. The van der Waals surface area contributed by atoms with Gasteiger partial charge in [-0.2, -0.15) is 0 Å². The molecule has 0 atom stereocenters. The fraction of sp³-hybridized carbons (Fsp3) is 0.333. The number of urea groups is 1. The summed E-state index contributed by atoms with van der Waals surface area (Å²) in [5.74, 6) is 0.486. The number of anilines is 1. The molecule has 3 amide bonds. The van der Waals surface area contributed by atoms with Crippen LogP contribution in [0.15, 0.2) is 18.2 Å². The molecule has 0 saturated heterocycles. The van der Waals surface area contributed by atoms with Crippen molar-refractivity contribution in [1.29, 1.82) is 0 Å². The number of rotatable bonds is 2.